The third kappa shape index (κ3) is 4.19. The van der Waals surface area contributed by atoms with Crippen molar-refractivity contribution in [1.82, 2.24) is 4.98 Å². The third-order valence-electron chi connectivity index (χ3n) is 4.70. The number of hydrogen-bond acceptors (Lipinski definition) is 3. The fourth-order valence-electron chi connectivity index (χ4n) is 2.90. The first-order valence-electron chi connectivity index (χ1n) is 8.17. The molecule has 1 aromatic heterocycles. The minimum Gasteiger partial charge on any atom is -0.474 e. The molecule has 1 saturated carbocycles. The minimum atomic E-state index is 0.0116. The van der Waals surface area contributed by atoms with Gasteiger partial charge in [-0.1, -0.05) is 34.6 Å². The van der Waals surface area contributed by atoms with Gasteiger partial charge in [-0.25, -0.2) is 4.98 Å². The van der Waals surface area contributed by atoms with E-state index < -0.39 is 0 Å². The van der Waals surface area contributed by atoms with Crippen LogP contribution in [0.2, 0.25) is 0 Å². The van der Waals surface area contributed by atoms with Gasteiger partial charge in [0, 0.05) is 18.0 Å². The molecule has 1 aromatic rings. The molecule has 3 unspecified atom stereocenters. The van der Waals surface area contributed by atoms with Gasteiger partial charge in [0.05, 0.1) is 5.69 Å². The largest absolute Gasteiger partial charge is 0.474 e. The monoisotopic (exact) mass is 290 g/mol. The summed E-state index contributed by atoms with van der Waals surface area (Å²) in [5.41, 5.74) is 7.99. The summed E-state index contributed by atoms with van der Waals surface area (Å²) in [6.07, 6.45) is 3.80. The van der Waals surface area contributed by atoms with E-state index in [1.807, 2.05) is 6.07 Å². The van der Waals surface area contributed by atoms with Crippen molar-refractivity contribution < 1.29 is 4.74 Å². The highest BCUT2D eigenvalue weighted by Gasteiger charge is 2.26. The van der Waals surface area contributed by atoms with Crippen molar-refractivity contribution in [2.75, 3.05) is 0 Å². The Morgan fingerprint density at radius 2 is 1.90 bits per heavy atom. The van der Waals surface area contributed by atoms with Gasteiger partial charge in [0.25, 0.3) is 0 Å². The Morgan fingerprint density at radius 3 is 2.48 bits per heavy atom. The highest BCUT2D eigenvalue weighted by molar-refractivity contribution is 5.28. The lowest BCUT2D eigenvalue weighted by Crippen LogP contribution is -2.29. The van der Waals surface area contributed by atoms with E-state index in [4.69, 9.17) is 15.5 Å². The van der Waals surface area contributed by atoms with Crippen LogP contribution in [0.3, 0.4) is 0 Å². The van der Waals surface area contributed by atoms with E-state index in [-0.39, 0.29) is 5.41 Å². The summed E-state index contributed by atoms with van der Waals surface area (Å²) in [7, 11) is 0. The maximum atomic E-state index is 6.19. The molecule has 118 valence electrons. The van der Waals surface area contributed by atoms with Crippen LogP contribution in [0.25, 0.3) is 0 Å². The van der Waals surface area contributed by atoms with E-state index in [2.05, 4.69) is 40.7 Å². The highest BCUT2D eigenvalue weighted by atomic mass is 16.5. The Balaban J connectivity index is 2.16. The van der Waals surface area contributed by atoms with Gasteiger partial charge < -0.3 is 10.5 Å². The van der Waals surface area contributed by atoms with Crippen LogP contribution in [0, 0.1) is 11.8 Å². The second-order valence-corrected chi connectivity index (χ2v) is 7.66. The first-order chi connectivity index (χ1) is 9.79. The molecule has 1 aliphatic rings. The van der Waals surface area contributed by atoms with E-state index in [0.29, 0.717) is 12.6 Å². The lowest BCUT2D eigenvalue weighted by molar-refractivity contribution is 0.0959. The maximum Gasteiger partial charge on any atom is 0.214 e. The van der Waals surface area contributed by atoms with Crippen LogP contribution < -0.4 is 10.5 Å². The van der Waals surface area contributed by atoms with Crippen molar-refractivity contribution in [3.05, 3.63) is 23.4 Å². The van der Waals surface area contributed by atoms with Crippen LogP contribution >= 0.6 is 0 Å². The molecule has 3 heteroatoms. The predicted molar refractivity (Wildman–Crippen MR) is 87.4 cm³/mol. The zero-order valence-corrected chi connectivity index (χ0v) is 14.1. The van der Waals surface area contributed by atoms with E-state index in [9.17, 15) is 0 Å². The summed E-state index contributed by atoms with van der Waals surface area (Å²) in [5.74, 6) is 2.27. The molecule has 0 amide bonds. The topological polar surface area (TPSA) is 48.1 Å². The van der Waals surface area contributed by atoms with Crippen LogP contribution in [-0.2, 0) is 12.0 Å². The van der Waals surface area contributed by atoms with Gasteiger partial charge in [0.15, 0.2) is 0 Å². The van der Waals surface area contributed by atoms with Crippen LogP contribution in [0.15, 0.2) is 12.1 Å². The van der Waals surface area contributed by atoms with Crippen molar-refractivity contribution in [2.45, 2.75) is 71.9 Å². The van der Waals surface area contributed by atoms with Gasteiger partial charge in [-0.2, -0.15) is 0 Å². The number of ether oxygens (including phenoxy) is 1. The lowest BCUT2D eigenvalue weighted by atomic mass is 9.80. The molecule has 1 fully saturated rings. The Morgan fingerprint density at radius 1 is 1.19 bits per heavy atom. The molecule has 1 aliphatic carbocycles. The third-order valence-corrected chi connectivity index (χ3v) is 4.70. The summed E-state index contributed by atoms with van der Waals surface area (Å²) in [6.45, 7) is 11.7. The Bertz CT molecular complexity index is 479. The molecule has 0 aromatic carbocycles. The number of hydrogen-bond donors (Lipinski definition) is 1. The average Bonchev–Trinajstić information content (AvgIpc) is 2.41. The van der Waals surface area contributed by atoms with Gasteiger partial charge in [-0.3, -0.25) is 0 Å². The maximum absolute atomic E-state index is 6.19. The minimum absolute atomic E-state index is 0.0116. The van der Waals surface area contributed by atoms with Gasteiger partial charge in [-0.05, 0) is 42.7 Å². The number of nitrogens with two attached hydrogens (primary N) is 1. The fourth-order valence-corrected chi connectivity index (χ4v) is 2.90. The first-order valence-corrected chi connectivity index (χ1v) is 8.17. The van der Waals surface area contributed by atoms with Crippen molar-refractivity contribution >= 4 is 0 Å². The van der Waals surface area contributed by atoms with Crippen LogP contribution in [0.1, 0.15) is 65.1 Å². The van der Waals surface area contributed by atoms with Crippen molar-refractivity contribution in [3.63, 3.8) is 0 Å². The lowest BCUT2D eigenvalue weighted by Gasteiger charge is -2.32. The SMILES string of the molecule is CC1CCC(Oc2cc(CN)cc(C(C)(C)C)n2)CC1C. The van der Waals surface area contributed by atoms with Crippen molar-refractivity contribution in [3.8, 4) is 5.88 Å². The second kappa shape index (κ2) is 6.35. The fraction of sp³-hybridized carbons (Fsp3) is 0.722. The van der Waals surface area contributed by atoms with Crippen molar-refractivity contribution in [1.29, 1.82) is 0 Å². The molecule has 2 rings (SSSR count). The molecular formula is C18H30N2O. The molecule has 3 nitrogen and oxygen atoms in total. The predicted octanol–water partition coefficient (Wildman–Crippen LogP) is 4.04. The van der Waals surface area contributed by atoms with E-state index in [1.54, 1.807) is 0 Å². The summed E-state index contributed by atoms with van der Waals surface area (Å²) >= 11 is 0. The summed E-state index contributed by atoms with van der Waals surface area (Å²) < 4.78 is 6.19. The summed E-state index contributed by atoms with van der Waals surface area (Å²) in [5, 5.41) is 0. The van der Waals surface area contributed by atoms with Gasteiger partial charge >= 0.3 is 0 Å². The van der Waals surface area contributed by atoms with E-state index in [1.165, 1.54) is 6.42 Å². The number of rotatable bonds is 3. The number of pyridine rings is 1. The van der Waals surface area contributed by atoms with E-state index >= 15 is 0 Å². The smallest absolute Gasteiger partial charge is 0.214 e. The standard InChI is InChI=1S/C18H30N2O/c1-12-6-7-15(8-13(12)2)21-17-10-14(11-19)9-16(20-17)18(3,4)5/h9-10,12-13,15H,6-8,11,19H2,1-5H3. The molecule has 1 heterocycles. The Kier molecular flexibility index (Phi) is 4.92. The first kappa shape index (κ1) is 16.3. The molecular weight excluding hydrogens is 260 g/mol. The van der Waals surface area contributed by atoms with Crippen LogP contribution in [-0.4, -0.2) is 11.1 Å². The molecule has 0 spiro atoms. The van der Waals surface area contributed by atoms with Gasteiger partial charge in [-0.15, -0.1) is 0 Å². The van der Waals surface area contributed by atoms with Gasteiger partial charge in [0.1, 0.15) is 6.10 Å². The average molecular weight is 290 g/mol. The molecule has 0 aliphatic heterocycles. The summed E-state index contributed by atoms with van der Waals surface area (Å²) in [4.78, 5) is 4.71. The molecule has 0 bridgehead atoms. The van der Waals surface area contributed by atoms with Gasteiger partial charge in [0.2, 0.25) is 5.88 Å². The molecule has 3 atom stereocenters. The van der Waals surface area contributed by atoms with Crippen LogP contribution in [0.4, 0.5) is 0 Å². The zero-order chi connectivity index (χ0) is 15.6. The quantitative estimate of drug-likeness (QED) is 0.914. The molecule has 0 radical (unpaired) electrons. The normalized spacial score (nSPS) is 26.7. The molecule has 0 saturated heterocycles. The van der Waals surface area contributed by atoms with Crippen molar-refractivity contribution in [2.24, 2.45) is 17.6 Å². The second-order valence-electron chi connectivity index (χ2n) is 7.66. The molecule has 21 heavy (non-hydrogen) atoms. The van der Waals surface area contributed by atoms with E-state index in [0.717, 1.165) is 41.8 Å². The zero-order valence-electron chi connectivity index (χ0n) is 14.1. The Hall–Kier alpha value is -1.09. The molecule has 2 N–H and O–H groups in total. The number of aromatic nitrogens is 1. The number of nitrogens with zero attached hydrogens (tertiary/aromatic N) is 1. The highest BCUT2D eigenvalue weighted by Crippen LogP contribution is 2.32. The van der Waals surface area contributed by atoms with Crippen LogP contribution in [0.5, 0.6) is 5.88 Å². The summed E-state index contributed by atoms with van der Waals surface area (Å²) in [6, 6.07) is 4.09. The Labute approximate surface area is 129 Å².